The molecular weight excluding hydrogens is 220 g/mol. The summed E-state index contributed by atoms with van der Waals surface area (Å²) in [6.45, 7) is 1.24. The van der Waals surface area contributed by atoms with Crippen molar-refractivity contribution in [1.82, 2.24) is 4.90 Å². The van der Waals surface area contributed by atoms with E-state index in [9.17, 15) is 0 Å². The Hall–Kier alpha value is -0.470. The van der Waals surface area contributed by atoms with Crippen molar-refractivity contribution in [3.05, 3.63) is 24.4 Å². The Kier molecular flexibility index (Phi) is 3.60. The van der Waals surface area contributed by atoms with Gasteiger partial charge in [-0.3, -0.25) is 0 Å². The Morgan fingerprint density at radius 1 is 1.19 bits per heavy atom. The fraction of sp³-hybridized carbons (Fsp3) is 0.692. The van der Waals surface area contributed by atoms with Crippen LogP contribution in [0.4, 0.5) is 0 Å². The van der Waals surface area contributed by atoms with E-state index >= 15 is 0 Å². The summed E-state index contributed by atoms with van der Waals surface area (Å²) < 4.78 is 0. The lowest BCUT2D eigenvalue weighted by atomic mass is 9.72. The molecule has 1 fully saturated rings. The zero-order valence-electron chi connectivity index (χ0n) is 9.59. The van der Waals surface area contributed by atoms with Gasteiger partial charge in [0.25, 0.3) is 0 Å². The van der Waals surface area contributed by atoms with Gasteiger partial charge < -0.3 is 10.6 Å². The molecule has 0 aromatic heterocycles. The van der Waals surface area contributed by atoms with Crippen molar-refractivity contribution < 1.29 is 0 Å². The second kappa shape index (κ2) is 4.80. The third kappa shape index (κ3) is 2.01. The van der Waals surface area contributed by atoms with Crippen LogP contribution in [0.25, 0.3) is 0 Å². The number of rotatable bonds is 0. The van der Waals surface area contributed by atoms with E-state index in [1.807, 2.05) is 0 Å². The average Bonchev–Trinajstić information content (AvgIpc) is 2.29. The van der Waals surface area contributed by atoms with E-state index in [4.69, 9.17) is 5.73 Å². The molecule has 2 heterocycles. The molecule has 3 unspecified atom stereocenters. The highest BCUT2D eigenvalue weighted by molar-refractivity contribution is 5.85. The quantitative estimate of drug-likeness (QED) is 0.659. The maximum Gasteiger partial charge on any atom is 0.0367 e. The second-order valence-electron chi connectivity index (χ2n) is 5.18. The molecule has 2 aliphatic heterocycles. The summed E-state index contributed by atoms with van der Waals surface area (Å²) in [5.74, 6) is 1.69. The van der Waals surface area contributed by atoms with Gasteiger partial charge in [0, 0.05) is 24.5 Å². The van der Waals surface area contributed by atoms with E-state index in [-0.39, 0.29) is 18.4 Å². The van der Waals surface area contributed by atoms with Gasteiger partial charge in [0.2, 0.25) is 0 Å². The molecule has 1 aliphatic carbocycles. The van der Waals surface area contributed by atoms with Crippen LogP contribution >= 0.6 is 12.4 Å². The van der Waals surface area contributed by atoms with Gasteiger partial charge in [-0.15, -0.1) is 12.4 Å². The van der Waals surface area contributed by atoms with Crippen molar-refractivity contribution in [2.45, 2.75) is 37.8 Å². The Balaban J connectivity index is 0.000000963. The number of hydrogen-bond acceptors (Lipinski definition) is 2. The number of hydrogen-bond donors (Lipinski definition) is 1. The first-order valence-corrected chi connectivity index (χ1v) is 6.21. The first-order valence-electron chi connectivity index (χ1n) is 6.21. The maximum atomic E-state index is 6.03. The van der Waals surface area contributed by atoms with E-state index in [0.29, 0.717) is 6.04 Å². The molecule has 0 aromatic rings. The van der Waals surface area contributed by atoms with Crippen LogP contribution in [0.1, 0.15) is 25.7 Å². The molecule has 0 spiro atoms. The molecule has 4 atom stereocenters. The number of halogens is 1. The van der Waals surface area contributed by atoms with E-state index in [1.54, 1.807) is 0 Å². The largest absolute Gasteiger partial charge is 0.374 e. The molecule has 90 valence electrons. The van der Waals surface area contributed by atoms with E-state index < -0.39 is 0 Å². The van der Waals surface area contributed by atoms with Gasteiger partial charge in [0.15, 0.2) is 0 Å². The van der Waals surface area contributed by atoms with Gasteiger partial charge in [0.1, 0.15) is 0 Å². The van der Waals surface area contributed by atoms with Crippen LogP contribution in [0.3, 0.4) is 0 Å². The van der Waals surface area contributed by atoms with Gasteiger partial charge in [-0.1, -0.05) is 18.2 Å². The minimum Gasteiger partial charge on any atom is -0.374 e. The normalized spacial score (nSPS) is 40.9. The summed E-state index contributed by atoms with van der Waals surface area (Å²) in [4.78, 5) is 2.51. The van der Waals surface area contributed by atoms with Crippen molar-refractivity contribution in [3.63, 3.8) is 0 Å². The molecule has 0 radical (unpaired) electrons. The Morgan fingerprint density at radius 2 is 2.06 bits per heavy atom. The Labute approximate surface area is 104 Å². The minimum absolute atomic E-state index is 0. The highest BCUT2D eigenvalue weighted by Crippen LogP contribution is 2.39. The lowest BCUT2D eigenvalue weighted by molar-refractivity contribution is 0.0887. The maximum absolute atomic E-state index is 6.03. The van der Waals surface area contributed by atoms with Crippen molar-refractivity contribution >= 4 is 12.4 Å². The smallest absolute Gasteiger partial charge is 0.0367 e. The topological polar surface area (TPSA) is 29.3 Å². The molecule has 2 N–H and O–H groups in total. The lowest BCUT2D eigenvalue weighted by Crippen LogP contribution is -2.50. The van der Waals surface area contributed by atoms with Crippen molar-refractivity contribution in [2.24, 2.45) is 17.6 Å². The third-order valence-electron chi connectivity index (χ3n) is 4.27. The summed E-state index contributed by atoms with van der Waals surface area (Å²) in [5.41, 5.74) is 6.03. The first kappa shape index (κ1) is 12.0. The molecule has 3 rings (SSSR count). The molecule has 0 aromatic carbocycles. The van der Waals surface area contributed by atoms with Crippen LogP contribution in [0.2, 0.25) is 0 Å². The summed E-state index contributed by atoms with van der Waals surface area (Å²) in [7, 11) is 0. The van der Waals surface area contributed by atoms with E-state index in [1.165, 1.54) is 25.8 Å². The van der Waals surface area contributed by atoms with Crippen molar-refractivity contribution in [1.29, 1.82) is 0 Å². The Bertz CT molecular complexity index is 300. The number of piperidine rings is 1. The fourth-order valence-electron chi connectivity index (χ4n) is 3.45. The van der Waals surface area contributed by atoms with Crippen molar-refractivity contribution in [2.75, 3.05) is 6.54 Å². The number of fused-ring (bicyclic) bond motifs is 3. The Morgan fingerprint density at radius 3 is 2.94 bits per heavy atom. The van der Waals surface area contributed by atoms with Crippen LogP contribution < -0.4 is 5.73 Å². The van der Waals surface area contributed by atoms with Crippen LogP contribution in [-0.4, -0.2) is 23.5 Å². The van der Waals surface area contributed by atoms with Gasteiger partial charge >= 0.3 is 0 Å². The highest BCUT2D eigenvalue weighted by Gasteiger charge is 2.37. The summed E-state index contributed by atoms with van der Waals surface area (Å²) in [6, 6.07) is 0.959. The van der Waals surface area contributed by atoms with E-state index in [2.05, 4.69) is 29.3 Å². The molecule has 0 bridgehead atoms. The summed E-state index contributed by atoms with van der Waals surface area (Å²) >= 11 is 0. The molecule has 0 saturated carbocycles. The molecule has 16 heavy (non-hydrogen) atoms. The highest BCUT2D eigenvalue weighted by atomic mass is 35.5. The third-order valence-corrected chi connectivity index (χ3v) is 4.27. The summed E-state index contributed by atoms with van der Waals surface area (Å²) in [6.07, 6.45) is 14.4. The molecule has 3 aliphatic rings. The molecule has 1 saturated heterocycles. The van der Waals surface area contributed by atoms with Gasteiger partial charge in [-0.2, -0.15) is 0 Å². The molecule has 3 heteroatoms. The van der Waals surface area contributed by atoms with Gasteiger partial charge in [0.05, 0.1) is 0 Å². The second-order valence-corrected chi connectivity index (χ2v) is 5.18. The van der Waals surface area contributed by atoms with E-state index in [0.717, 1.165) is 18.3 Å². The molecule has 0 amide bonds. The molecule has 2 nitrogen and oxygen atoms in total. The predicted octanol–water partition coefficient (Wildman–Crippen LogP) is 2.31. The molecular formula is C13H21ClN2. The monoisotopic (exact) mass is 240 g/mol. The average molecular weight is 241 g/mol. The van der Waals surface area contributed by atoms with Crippen LogP contribution in [0.15, 0.2) is 24.4 Å². The zero-order valence-corrected chi connectivity index (χ0v) is 10.4. The fourth-order valence-corrected chi connectivity index (χ4v) is 3.45. The van der Waals surface area contributed by atoms with Gasteiger partial charge in [-0.25, -0.2) is 0 Å². The van der Waals surface area contributed by atoms with Crippen LogP contribution in [0, 0.1) is 11.8 Å². The van der Waals surface area contributed by atoms with Crippen LogP contribution in [0.5, 0.6) is 0 Å². The SMILES string of the molecule is Cl.N[C@H]1C=CN2CCC3CCC=CC3C2C1. The lowest BCUT2D eigenvalue weighted by Gasteiger charge is -2.48. The number of allylic oxidation sites excluding steroid dienone is 1. The first-order chi connectivity index (χ1) is 7.34. The predicted molar refractivity (Wildman–Crippen MR) is 69.4 cm³/mol. The minimum atomic E-state index is 0. The standard InChI is InChI=1S/C13H20N2.ClH/c14-11-6-8-15-7-5-10-3-1-2-4-12(10)13(15)9-11;/h2,4,6,8,10-13H,1,3,5,7,9,14H2;1H/t10?,11-,12?,13?;/m0./s1. The zero-order chi connectivity index (χ0) is 10.3. The number of nitrogens with two attached hydrogens (primary N) is 1. The van der Waals surface area contributed by atoms with Crippen LogP contribution in [-0.2, 0) is 0 Å². The summed E-state index contributed by atoms with van der Waals surface area (Å²) in [5, 5.41) is 0. The van der Waals surface area contributed by atoms with Crippen molar-refractivity contribution in [3.8, 4) is 0 Å². The number of nitrogens with zero attached hydrogens (tertiary/aromatic N) is 1. The van der Waals surface area contributed by atoms with Gasteiger partial charge in [-0.05, 0) is 37.8 Å².